The van der Waals surface area contributed by atoms with E-state index in [4.69, 9.17) is 4.74 Å². The molecule has 0 aliphatic heterocycles. The third kappa shape index (κ3) is 2.02. The van der Waals surface area contributed by atoms with Crippen molar-refractivity contribution in [2.45, 2.75) is 26.4 Å². The molecule has 0 radical (unpaired) electrons. The number of hydrogen-bond acceptors (Lipinski definition) is 1. The molecule has 0 saturated carbocycles. The third-order valence-electron chi connectivity index (χ3n) is 2.34. The Morgan fingerprint density at radius 3 is 3.00 bits per heavy atom. The van der Waals surface area contributed by atoms with Gasteiger partial charge in [0.1, 0.15) is 0 Å². The molecule has 74 valence electrons. The standard InChI is InChI=1S/C12H14OSe/c1-3-9(2)13-11-4-5-12-10(8-11)6-7-14-12/h4-9H,3H2,1-2H3. The average Bonchev–Trinajstić information content (AvgIpc) is 2.64. The quantitative estimate of drug-likeness (QED) is 0.764. The molecular formula is C12H14OSe. The van der Waals surface area contributed by atoms with E-state index < -0.39 is 0 Å². The molecular weight excluding hydrogens is 239 g/mol. The molecule has 1 heterocycles. The van der Waals surface area contributed by atoms with E-state index in [9.17, 15) is 0 Å². The number of fused-ring (bicyclic) bond motifs is 1. The summed E-state index contributed by atoms with van der Waals surface area (Å²) in [5.74, 6) is 1.00. The molecule has 0 saturated heterocycles. The summed E-state index contributed by atoms with van der Waals surface area (Å²) in [6.07, 6.45) is 1.36. The monoisotopic (exact) mass is 254 g/mol. The molecule has 0 bridgehead atoms. The van der Waals surface area contributed by atoms with Crippen LogP contribution < -0.4 is 4.74 Å². The fraction of sp³-hybridized carbons (Fsp3) is 0.333. The third-order valence-corrected chi connectivity index (χ3v) is 4.22. The molecule has 0 N–H and O–H groups in total. The number of hydrogen-bond donors (Lipinski definition) is 0. The Labute approximate surface area is 90.4 Å². The van der Waals surface area contributed by atoms with Crippen LogP contribution >= 0.6 is 0 Å². The van der Waals surface area contributed by atoms with Gasteiger partial charge in [0.15, 0.2) is 0 Å². The molecule has 0 aliphatic carbocycles. The average molecular weight is 253 g/mol. The van der Waals surface area contributed by atoms with Crippen molar-refractivity contribution >= 4 is 24.1 Å². The Hall–Kier alpha value is -0.721. The van der Waals surface area contributed by atoms with Crippen molar-refractivity contribution in [3.63, 3.8) is 0 Å². The number of rotatable bonds is 3. The predicted octanol–water partition coefficient (Wildman–Crippen LogP) is 3.07. The zero-order valence-corrected chi connectivity index (χ0v) is 10.2. The van der Waals surface area contributed by atoms with Gasteiger partial charge >= 0.3 is 90.2 Å². The Balaban J connectivity index is 2.25. The molecule has 1 unspecified atom stereocenters. The summed E-state index contributed by atoms with van der Waals surface area (Å²) in [5, 5.41) is 1.34. The summed E-state index contributed by atoms with van der Waals surface area (Å²) in [7, 11) is 0. The van der Waals surface area contributed by atoms with E-state index in [2.05, 4.69) is 43.1 Å². The first-order valence-electron chi connectivity index (χ1n) is 4.93. The van der Waals surface area contributed by atoms with Crippen molar-refractivity contribution < 1.29 is 4.74 Å². The molecule has 0 spiro atoms. The Morgan fingerprint density at radius 2 is 2.21 bits per heavy atom. The molecule has 1 atom stereocenters. The van der Waals surface area contributed by atoms with Crippen molar-refractivity contribution in [1.82, 2.24) is 0 Å². The van der Waals surface area contributed by atoms with Crippen molar-refractivity contribution in [1.29, 1.82) is 0 Å². The summed E-state index contributed by atoms with van der Waals surface area (Å²) in [6, 6.07) is 8.61. The molecule has 0 aliphatic rings. The molecule has 1 aromatic carbocycles. The maximum absolute atomic E-state index is 5.76. The molecule has 2 aromatic rings. The Kier molecular flexibility index (Phi) is 2.95. The molecule has 0 fully saturated rings. The van der Waals surface area contributed by atoms with Crippen LogP contribution in [0.1, 0.15) is 20.3 Å². The maximum atomic E-state index is 5.76. The van der Waals surface area contributed by atoms with E-state index in [-0.39, 0.29) is 0 Å². The minimum absolute atomic E-state index is 0.309. The SMILES string of the molecule is CCC(C)Oc1ccc2[se]ccc2c1. The fourth-order valence-corrected chi connectivity index (χ4v) is 2.95. The second-order valence-corrected chi connectivity index (χ2v) is 5.45. The van der Waals surface area contributed by atoms with E-state index in [0.717, 1.165) is 12.2 Å². The summed E-state index contributed by atoms with van der Waals surface area (Å²) in [6.45, 7) is 4.24. The first-order chi connectivity index (χ1) is 6.79. The first kappa shape index (κ1) is 9.82. The van der Waals surface area contributed by atoms with Crippen LogP contribution in [0.5, 0.6) is 5.75 Å². The molecule has 1 aromatic heterocycles. The predicted molar refractivity (Wildman–Crippen MR) is 61.3 cm³/mol. The summed E-state index contributed by atoms with van der Waals surface area (Å²) < 4.78 is 7.23. The van der Waals surface area contributed by atoms with E-state index in [1.54, 1.807) is 0 Å². The van der Waals surface area contributed by atoms with E-state index in [1.165, 1.54) is 9.65 Å². The van der Waals surface area contributed by atoms with Gasteiger partial charge in [-0.25, -0.2) is 0 Å². The van der Waals surface area contributed by atoms with Gasteiger partial charge in [-0.3, -0.25) is 0 Å². The van der Waals surface area contributed by atoms with Crippen LogP contribution in [-0.2, 0) is 0 Å². The van der Waals surface area contributed by atoms with Gasteiger partial charge in [0.2, 0.25) is 0 Å². The molecule has 2 heteroatoms. The Morgan fingerprint density at radius 1 is 1.36 bits per heavy atom. The summed E-state index contributed by atoms with van der Waals surface area (Å²) in [5.41, 5.74) is 0. The first-order valence-corrected chi connectivity index (χ1v) is 6.78. The second kappa shape index (κ2) is 4.20. The van der Waals surface area contributed by atoms with Gasteiger partial charge in [-0.15, -0.1) is 0 Å². The van der Waals surface area contributed by atoms with Gasteiger partial charge in [-0.05, 0) is 0 Å². The van der Waals surface area contributed by atoms with Crippen LogP contribution in [0.15, 0.2) is 29.2 Å². The van der Waals surface area contributed by atoms with E-state index in [0.29, 0.717) is 20.6 Å². The topological polar surface area (TPSA) is 9.23 Å². The fourth-order valence-electron chi connectivity index (χ4n) is 1.33. The van der Waals surface area contributed by atoms with E-state index >= 15 is 0 Å². The molecule has 2 rings (SSSR count). The van der Waals surface area contributed by atoms with Crippen molar-refractivity contribution in [2.75, 3.05) is 0 Å². The van der Waals surface area contributed by atoms with Crippen molar-refractivity contribution in [2.24, 2.45) is 0 Å². The van der Waals surface area contributed by atoms with Crippen LogP contribution in [0.3, 0.4) is 0 Å². The summed E-state index contributed by atoms with van der Waals surface area (Å²) >= 11 is 0.546. The van der Waals surface area contributed by atoms with Gasteiger partial charge in [-0.1, -0.05) is 0 Å². The zero-order chi connectivity index (χ0) is 9.97. The number of ether oxygens (including phenoxy) is 1. The van der Waals surface area contributed by atoms with Gasteiger partial charge < -0.3 is 0 Å². The molecule has 0 amide bonds. The second-order valence-electron chi connectivity index (χ2n) is 3.46. The van der Waals surface area contributed by atoms with Gasteiger partial charge in [0.25, 0.3) is 0 Å². The van der Waals surface area contributed by atoms with Crippen LogP contribution in [0.25, 0.3) is 9.65 Å². The zero-order valence-electron chi connectivity index (χ0n) is 8.49. The van der Waals surface area contributed by atoms with Crippen LogP contribution in [-0.4, -0.2) is 20.6 Å². The Bertz CT molecular complexity index is 419. The van der Waals surface area contributed by atoms with Crippen LogP contribution in [0, 0.1) is 0 Å². The van der Waals surface area contributed by atoms with Gasteiger partial charge in [0.05, 0.1) is 0 Å². The van der Waals surface area contributed by atoms with Crippen LogP contribution in [0.4, 0.5) is 0 Å². The summed E-state index contributed by atoms with van der Waals surface area (Å²) in [4.78, 5) is 2.25. The van der Waals surface area contributed by atoms with Gasteiger partial charge in [-0.2, -0.15) is 0 Å². The minimum atomic E-state index is 0.309. The van der Waals surface area contributed by atoms with Crippen molar-refractivity contribution in [3.05, 3.63) is 29.2 Å². The van der Waals surface area contributed by atoms with E-state index in [1.807, 2.05) is 0 Å². The van der Waals surface area contributed by atoms with Gasteiger partial charge in [0, 0.05) is 0 Å². The molecule has 14 heavy (non-hydrogen) atoms. The molecule has 1 nitrogen and oxygen atoms in total. The van der Waals surface area contributed by atoms with Crippen molar-refractivity contribution in [3.8, 4) is 5.75 Å². The number of benzene rings is 1. The van der Waals surface area contributed by atoms with Crippen LogP contribution in [0.2, 0.25) is 0 Å². The normalized spacial score (nSPS) is 13.0.